The number of thiophene rings is 1. The van der Waals surface area contributed by atoms with E-state index in [-0.39, 0.29) is 5.92 Å². The van der Waals surface area contributed by atoms with Crippen LogP contribution in [0, 0.1) is 0 Å². The highest BCUT2D eigenvalue weighted by Gasteiger charge is 2.11. The van der Waals surface area contributed by atoms with Gasteiger partial charge in [0.05, 0.1) is 12.8 Å². The standard InChI is InChI=1S/C12H14N2OS/c13-7-10(12-4-2-6-16-12)9-15-11-3-1-5-14-8-11/h1-6,8,10H,7,9,13H2. The Hall–Kier alpha value is -1.39. The Morgan fingerprint density at radius 3 is 2.94 bits per heavy atom. The Bertz CT molecular complexity index is 402. The maximum Gasteiger partial charge on any atom is 0.137 e. The molecule has 2 aromatic heterocycles. The molecule has 0 fully saturated rings. The molecule has 3 nitrogen and oxygen atoms in total. The van der Waals surface area contributed by atoms with Crippen LogP contribution in [0.25, 0.3) is 0 Å². The van der Waals surface area contributed by atoms with Gasteiger partial charge in [0.25, 0.3) is 0 Å². The second-order valence-corrected chi connectivity index (χ2v) is 4.43. The predicted molar refractivity (Wildman–Crippen MR) is 65.8 cm³/mol. The Morgan fingerprint density at radius 1 is 1.38 bits per heavy atom. The summed E-state index contributed by atoms with van der Waals surface area (Å²) in [4.78, 5) is 5.27. The van der Waals surface area contributed by atoms with Crippen molar-refractivity contribution >= 4 is 11.3 Å². The fourth-order valence-electron chi connectivity index (χ4n) is 1.42. The van der Waals surface area contributed by atoms with Crippen LogP contribution in [-0.4, -0.2) is 18.1 Å². The minimum absolute atomic E-state index is 0.264. The lowest BCUT2D eigenvalue weighted by atomic mass is 10.1. The van der Waals surface area contributed by atoms with Crippen LogP contribution >= 0.6 is 11.3 Å². The molecule has 84 valence electrons. The molecule has 0 amide bonds. The molecule has 2 rings (SSSR count). The van der Waals surface area contributed by atoms with Gasteiger partial charge in [-0.25, -0.2) is 0 Å². The minimum atomic E-state index is 0.264. The van der Waals surface area contributed by atoms with E-state index >= 15 is 0 Å². The van der Waals surface area contributed by atoms with Gasteiger partial charge in [0.15, 0.2) is 0 Å². The van der Waals surface area contributed by atoms with E-state index in [1.807, 2.05) is 18.2 Å². The lowest BCUT2D eigenvalue weighted by Crippen LogP contribution is -2.18. The monoisotopic (exact) mass is 234 g/mol. The van der Waals surface area contributed by atoms with Crippen molar-refractivity contribution in [2.45, 2.75) is 5.92 Å². The fourth-order valence-corrected chi connectivity index (χ4v) is 2.25. The first-order valence-electron chi connectivity index (χ1n) is 5.16. The number of rotatable bonds is 5. The Morgan fingerprint density at radius 2 is 2.31 bits per heavy atom. The van der Waals surface area contributed by atoms with E-state index in [9.17, 15) is 0 Å². The van der Waals surface area contributed by atoms with Crippen molar-refractivity contribution < 1.29 is 4.74 Å². The molecule has 0 bridgehead atoms. The van der Waals surface area contributed by atoms with Crippen molar-refractivity contribution in [2.75, 3.05) is 13.2 Å². The van der Waals surface area contributed by atoms with Crippen LogP contribution in [0.4, 0.5) is 0 Å². The lowest BCUT2D eigenvalue weighted by Gasteiger charge is -2.13. The molecule has 0 aromatic carbocycles. The summed E-state index contributed by atoms with van der Waals surface area (Å²) in [6.45, 7) is 1.20. The van der Waals surface area contributed by atoms with Gasteiger partial charge in [0.1, 0.15) is 5.75 Å². The summed E-state index contributed by atoms with van der Waals surface area (Å²) in [6.07, 6.45) is 3.44. The molecule has 2 aromatic rings. The largest absolute Gasteiger partial charge is 0.491 e. The minimum Gasteiger partial charge on any atom is -0.491 e. The summed E-state index contributed by atoms with van der Waals surface area (Å²) >= 11 is 1.72. The zero-order valence-corrected chi connectivity index (χ0v) is 9.69. The van der Waals surface area contributed by atoms with Gasteiger partial charge in [-0.2, -0.15) is 0 Å². The first-order valence-corrected chi connectivity index (χ1v) is 6.04. The summed E-state index contributed by atoms with van der Waals surface area (Å²) in [7, 11) is 0. The third-order valence-electron chi connectivity index (χ3n) is 2.32. The number of nitrogens with two attached hydrogens (primary N) is 1. The fraction of sp³-hybridized carbons (Fsp3) is 0.250. The van der Waals surface area contributed by atoms with E-state index in [1.54, 1.807) is 23.7 Å². The average molecular weight is 234 g/mol. The molecule has 0 aliphatic heterocycles. The van der Waals surface area contributed by atoms with E-state index in [0.29, 0.717) is 13.2 Å². The van der Waals surface area contributed by atoms with Crippen molar-refractivity contribution in [1.29, 1.82) is 0 Å². The van der Waals surface area contributed by atoms with Gasteiger partial charge < -0.3 is 10.5 Å². The van der Waals surface area contributed by atoms with Crippen molar-refractivity contribution in [3.63, 3.8) is 0 Å². The third kappa shape index (κ3) is 2.81. The summed E-state index contributed by atoms with van der Waals surface area (Å²) in [5, 5.41) is 2.06. The molecule has 4 heteroatoms. The van der Waals surface area contributed by atoms with Crippen LogP contribution in [0.5, 0.6) is 5.75 Å². The number of ether oxygens (including phenoxy) is 1. The Labute approximate surface area is 98.9 Å². The topological polar surface area (TPSA) is 48.1 Å². The van der Waals surface area contributed by atoms with Gasteiger partial charge in [-0.3, -0.25) is 4.98 Å². The van der Waals surface area contributed by atoms with Gasteiger partial charge in [0.2, 0.25) is 0 Å². The molecule has 0 spiro atoms. The summed E-state index contributed by atoms with van der Waals surface area (Å²) in [6, 6.07) is 7.88. The van der Waals surface area contributed by atoms with E-state index in [0.717, 1.165) is 5.75 Å². The summed E-state index contributed by atoms with van der Waals surface area (Å²) in [5.74, 6) is 1.05. The third-order valence-corrected chi connectivity index (χ3v) is 3.35. The second-order valence-electron chi connectivity index (χ2n) is 3.45. The first-order chi connectivity index (χ1) is 7.90. The van der Waals surface area contributed by atoms with Crippen LogP contribution in [0.2, 0.25) is 0 Å². The summed E-state index contributed by atoms with van der Waals surface area (Å²) in [5.41, 5.74) is 5.74. The SMILES string of the molecule is NCC(COc1cccnc1)c1cccs1. The molecule has 2 N–H and O–H groups in total. The molecule has 0 aliphatic carbocycles. The maximum absolute atomic E-state index is 5.74. The quantitative estimate of drug-likeness (QED) is 0.863. The molecule has 0 radical (unpaired) electrons. The normalized spacial score (nSPS) is 12.3. The van der Waals surface area contributed by atoms with E-state index < -0.39 is 0 Å². The van der Waals surface area contributed by atoms with Crippen molar-refractivity contribution in [3.05, 3.63) is 46.9 Å². The highest BCUT2D eigenvalue weighted by Crippen LogP contribution is 2.21. The predicted octanol–water partition coefficient (Wildman–Crippen LogP) is 2.26. The molecule has 16 heavy (non-hydrogen) atoms. The lowest BCUT2D eigenvalue weighted by molar-refractivity contribution is 0.291. The van der Waals surface area contributed by atoms with Crippen LogP contribution < -0.4 is 10.5 Å². The van der Waals surface area contributed by atoms with E-state index in [2.05, 4.69) is 16.4 Å². The van der Waals surface area contributed by atoms with Crippen molar-refractivity contribution in [3.8, 4) is 5.75 Å². The van der Waals surface area contributed by atoms with Gasteiger partial charge in [-0.15, -0.1) is 11.3 Å². The average Bonchev–Trinajstić information content (AvgIpc) is 2.85. The zero-order valence-electron chi connectivity index (χ0n) is 8.87. The van der Waals surface area contributed by atoms with Crippen molar-refractivity contribution in [2.24, 2.45) is 5.73 Å². The van der Waals surface area contributed by atoms with Crippen molar-refractivity contribution in [1.82, 2.24) is 4.98 Å². The Balaban J connectivity index is 1.94. The van der Waals surface area contributed by atoms with Gasteiger partial charge in [-0.1, -0.05) is 6.07 Å². The number of pyridine rings is 1. The molecule has 1 unspecified atom stereocenters. The van der Waals surface area contributed by atoms with Gasteiger partial charge >= 0.3 is 0 Å². The highest BCUT2D eigenvalue weighted by molar-refractivity contribution is 7.10. The maximum atomic E-state index is 5.74. The van der Waals surface area contributed by atoms with Gasteiger partial charge in [-0.05, 0) is 23.6 Å². The smallest absolute Gasteiger partial charge is 0.137 e. The number of hydrogen-bond donors (Lipinski definition) is 1. The second kappa shape index (κ2) is 5.63. The summed E-state index contributed by atoms with van der Waals surface area (Å²) < 4.78 is 5.65. The van der Waals surface area contributed by atoms with Crippen LogP contribution in [0.1, 0.15) is 10.8 Å². The first kappa shape index (κ1) is 11.1. The highest BCUT2D eigenvalue weighted by atomic mass is 32.1. The van der Waals surface area contributed by atoms with Crippen LogP contribution in [0.3, 0.4) is 0 Å². The zero-order chi connectivity index (χ0) is 11.2. The molecular formula is C12H14N2OS. The molecule has 1 atom stereocenters. The van der Waals surface area contributed by atoms with Gasteiger partial charge in [0, 0.05) is 23.5 Å². The molecule has 2 heterocycles. The number of nitrogens with zero attached hydrogens (tertiary/aromatic N) is 1. The van der Waals surface area contributed by atoms with E-state index in [1.165, 1.54) is 4.88 Å². The van der Waals surface area contributed by atoms with E-state index in [4.69, 9.17) is 10.5 Å². The number of hydrogen-bond acceptors (Lipinski definition) is 4. The molecule has 0 saturated carbocycles. The number of aromatic nitrogens is 1. The van der Waals surface area contributed by atoms with Crippen LogP contribution in [-0.2, 0) is 0 Å². The molecule has 0 saturated heterocycles. The molecule has 0 aliphatic rings. The van der Waals surface area contributed by atoms with Crippen LogP contribution in [0.15, 0.2) is 42.0 Å². The Kier molecular flexibility index (Phi) is 3.91. The molecular weight excluding hydrogens is 220 g/mol.